The molecular formula is C16H16ClNO5S. The number of esters is 1. The average molecular weight is 370 g/mol. The van der Waals surface area contributed by atoms with Crippen LogP contribution in [0.15, 0.2) is 47.4 Å². The number of halogens is 1. The Morgan fingerprint density at radius 3 is 2.50 bits per heavy atom. The second-order valence-corrected chi connectivity index (χ2v) is 7.03. The highest BCUT2D eigenvalue weighted by Crippen LogP contribution is 2.26. The van der Waals surface area contributed by atoms with Crippen molar-refractivity contribution in [2.75, 3.05) is 13.7 Å². The molecule has 2 aromatic rings. The minimum Gasteiger partial charge on any atom is -0.495 e. The number of carbonyl (C=O) groups is 1. The number of nitrogens with one attached hydrogen (secondary N) is 1. The van der Waals surface area contributed by atoms with Crippen molar-refractivity contribution in [1.82, 2.24) is 4.72 Å². The largest absolute Gasteiger partial charge is 0.495 e. The number of benzene rings is 2. The molecule has 0 aliphatic carbocycles. The molecule has 0 aromatic heterocycles. The van der Waals surface area contributed by atoms with Gasteiger partial charge in [-0.05, 0) is 36.8 Å². The van der Waals surface area contributed by atoms with Crippen LogP contribution >= 0.6 is 11.6 Å². The van der Waals surface area contributed by atoms with Gasteiger partial charge in [-0.15, -0.1) is 0 Å². The molecule has 0 aliphatic heterocycles. The van der Waals surface area contributed by atoms with E-state index in [4.69, 9.17) is 21.1 Å². The van der Waals surface area contributed by atoms with E-state index in [1.54, 1.807) is 25.1 Å². The van der Waals surface area contributed by atoms with Crippen LogP contribution in [0.3, 0.4) is 0 Å². The lowest BCUT2D eigenvalue weighted by atomic mass is 10.2. The Morgan fingerprint density at radius 1 is 1.17 bits per heavy atom. The van der Waals surface area contributed by atoms with Crippen molar-refractivity contribution >= 4 is 27.6 Å². The molecule has 0 saturated carbocycles. The lowest BCUT2D eigenvalue weighted by Gasteiger charge is -2.10. The summed E-state index contributed by atoms with van der Waals surface area (Å²) in [5.41, 5.74) is 0.774. The van der Waals surface area contributed by atoms with E-state index >= 15 is 0 Å². The summed E-state index contributed by atoms with van der Waals surface area (Å²) in [7, 11) is -2.47. The smallest absolute Gasteiger partial charge is 0.326 e. The Bertz CT molecular complexity index is 851. The van der Waals surface area contributed by atoms with E-state index in [2.05, 4.69) is 4.72 Å². The fraction of sp³-hybridized carbons (Fsp3) is 0.188. The van der Waals surface area contributed by atoms with Gasteiger partial charge in [0.25, 0.3) is 0 Å². The van der Waals surface area contributed by atoms with E-state index < -0.39 is 22.5 Å². The van der Waals surface area contributed by atoms with E-state index in [9.17, 15) is 13.2 Å². The van der Waals surface area contributed by atoms with Gasteiger partial charge in [-0.25, -0.2) is 8.42 Å². The Labute approximate surface area is 145 Å². The third-order valence-corrected chi connectivity index (χ3v) is 4.85. The monoisotopic (exact) mass is 369 g/mol. The van der Waals surface area contributed by atoms with E-state index in [1.807, 2.05) is 6.07 Å². The number of methoxy groups -OCH3 is 1. The van der Waals surface area contributed by atoms with Crippen molar-refractivity contribution in [1.29, 1.82) is 0 Å². The summed E-state index contributed by atoms with van der Waals surface area (Å²) in [5, 5.41) is 0.155. The van der Waals surface area contributed by atoms with Gasteiger partial charge in [0, 0.05) is 0 Å². The van der Waals surface area contributed by atoms with Crippen molar-refractivity contribution < 1.29 is 22.7 Å². The number of sulfonamides is 1. The van der Waals surface area contributed by atoms with Crippen LogP contribution in [-0.4, -0.2) is 28.0 Å². The quantitative estimate of drug-likeness (QED) is 0.625. The number of aryl methyl sites for hydroxylation is 1. The first kappa shape index (κ1) is 18.3. The lowest BCUT2D eigenvalue weighted by Crippen LogP contribution is -2.32. The fourth-order valence-corrected chi connectivity index (χ4v) is 3.20. The third kappa shape index (κ3) is 4.47. The standard InChI is InChI=1S/C16H16ClNO5S/c1-11-5-3-4-6-14(11)23-16(19)10-18-24(20,21)12-7-8-15(22-2)13(17)9-12/h3-9,18H,10H2,1-2H3. The van der Waals surface area contributed by atoms with E-state index in [0.717, 1.165) is 5.56 Å². The molecule has 2 rings (SSSR count). The third-order valence-electron chi connectivity index (χ3n) is 3.16. The van der Waals surface area contributed by atoms with Gasteiger partial charge in [-0.2, -0.15) is 4.72 Å². The maximum Gasteiger partial charge on any atom is 0.326 e. The first-order valence-corrected chi connectivity index (χ1v) is 8.79. The van der Waals surface area contributed by atoms with Gasteiger partial charge in [0.2, 0.25) is 10.0 Å². The van der Waals surface area contributed by atoms with Crippen LogP contribution in [0.5, 0.6) is 11.5 Å². The predicted molar refractivity (Wildman–Crippen MR) is 90.0 cm³/mol. The molecule has 2 aromatic carbocycles. The maximum atomic E-state index is 12.2. The Morgan fingerprint density at radius 2 is 1.88 bits per heavy atom. The molecular weight excluding hydrogens is 354 g/mol. The van der Waals surface area contributed by atoms with Crippen LogP contribution in [-0.2, 0) is 14.8 Å². The minimum atomic E-state index is -3.90. The second-order valence-electron chi connectivity index (χ2n) is 4.86. The van der Waals surface area contributed by atoms with Gasteiger partial charge >= 0.3 is 5.97 Å². The Hall–Kier alpha value is -2.09. The summed E-state index contributed by atoms with van der Waals surface area (Å²) < 4.78 is 36.6. The number of para-hydroxylation sites is 1. The van der Waals surface area contributed by atoms with E-state index in [1.165, 1.54) is 25.3 Å². The number of hydrogen-bond donors (Lipinski definition) is 1. The molecule has 0 unspecified atom stereocenters. The zero-order chi connectivity index (χ0) is 17.7. The predicted octanol–water partition coefficient (Wildman–Crippen LogP) is 2.54. The number of rotatable bonds is 6. The molecule has 0 radical (unpaired) electrons. The topological polar surface area (TPSA) is 81.7 Å². The normalized spacial score (nSPS) is 11.1. The number of carbonyl (C=O) groups excluding carboxylic acids is 1. The van der Waals surface area contributed by atoms with Gasteiger partial charge in [-0.3, -0.25) is 4.79 Å². The van der Waals surface area contributed by atoms with Crippen LogP contribution in [0.2, 0.25) is 5.02 Å². The molecule has 0 heterocycles. The SMILES string of the molecule is COc1ccc(S(=O)(=O)NCC(=O)Oc2ccccc2C)cc1Cl. The number of ether oxygens (including phenoxy) is 2. The molecule has 0 spiro atoms. The first-order valence-electron chi connectivity index (χ1n) is 6.93. The van der Waals surface area contributed by atoms with Crippen molar-refractivity contribution in [3.63, 3.8) is 0 Å². The summed E-state index contributed by atoms with van der Waals surface area (Å²) in [6.07, 6.45) is 0. The van der Waals surface area contributed by atoms with Crippen molar-refractivity contribution in [2.24, 2.45) is 0 Å². The fourth-order valence-electron chi connectivity index (χ4n) is 1.88. The maximum absolute atomic E-state index is 12.2. The minimum absolute atomic E-state index is 0.0722. The average Bonchev–Trinajstić information content (AvgIpc) is 2.55. The van der Waals surface area contributed by atoms with Crippen LogP contribution in [0.1, 0.15) is 5.56 Å². The molecule has 0 fully saturated rings. The lowest BCUT2D eigenvalue weighted by molar-refractivity contribution is -0.133. The Kier molecular flexibility index (Phi) is 5.82. The molecule has 0 amide bonds. The van der Waals surface area contributed by atoms with Crippen LogP contribution in [0.25, 0.3) is 0 Å². The van der Waals surface area contributed by atoms with Crippen molar-refractivity contribution in [3.8, 4) is 11.5 Å². The molecule has 0 bridgehead atoms. The zero-order valence-corrected chi connectivity index (χ0v) is 14.6. The highest BCUT2D eigenvalue weighted by Gasteiger charge is 2.18. The van der Waals surface area contributed by atoms with Gasteiger partial charge in [0.05, 0.1) is 17.0 Å². The molecule has 128 valence electrons. The number of hydrogen-bond acceptors (Lipinski definition) is 5. The molecule has 24 heavy (non-hydrogen) atoms. The van der Waals surface area contributed by atoms with Crippen LogP contribution in [0, 0.1) is 6.92 Å². The second kappa shape index (κ2) is 7.65. The van der Waals surface area contributed by atoms with Crippen LogP contribution in [0.4, 0.5) is 0 Å². The molecule has 6 nitrogen and oxygen atoms in total. The molecule has 0 saturated heterocycles. The zero-order valence-electron chi connectivity index (χ0n) is 13.1. The van der Waals surface area contributed by atoms with Gasteiger partial charge in [0.1, 0.15) is 18.0 Å². The molecule has 8 heteroatoms. The van der Waals surface area contributed by atoms with Gasteiger partial charge < -0.3 is 9.47 Å². The summed E-state index contributed by atoms with van der Waals surface area (Å²) in [4.78, 5) is 11.7. The first-order chi connectivity index (χ1) is 11.3. The highest BCUT2D eigenvalue weighted by atomic mass is 35.5. The molecule has 0 atom stereocenters. The highest BCUT2D eigenvalue weighted by molar-refractivity contribution is 7.89. The van der Waals surface area contributed by atoms with Gasteiger partial charge in [0.15, 0.2) is 0 Å². The summed E-state index contributed by atoms with van der Waals surface area (Å²) in [6, 6.07) is 11.0. The van der Waals surface area contributed by atoms with Crippen LogP contribution < -0.4 is 14.2 Å². The molecule has 0 aliphatic rings. The summed E-state index contributed by atoms with van der Waals surface area (Å²) in [6.45, 7) is 1.28. The van der Waals surface area contributed by atoms with Crippen molar-refractivity contribution in [2.45, 2.75) is 11.8 Å². The summed E-state index contributed by atoms with van der Waals surface area (Å²) in [5.74, 6) is 0.0243. The van der Waals surface area contributed by atoms with E-state index in [-0.39, 0.29) is 9.92 Å². The summed E-state index contributed by atoms with van der Waals surface area (Å²) >= 11 is 5.91. The van der Waals surface area contributed by atoms with Crippen molar-refractivity contribution in [3.05, 3.63) is 53.1 Å². The molecule has 1 N–H and O–H groups in total. The van der Waals surface area contributed by atoms with E-state index in [0.29, 0.717) is 11.5 Å². The Balaban J connectivity index is 2.03. The van der Waals surface area contributed by atoms with Gasteiger partial charge in [-0.1, -0.05) is 29.8 Å².